The summed E-state index contributed by atoms with van der Waals surface area (Å²) in [5.74, 6) is 0. The Morgan fingerprint density at radius 3 is 2.27 bits per heavy atom. The molecule has 0 aliphatic heterocycles. The molecule has 0 radical (unpaired) electrons. The number of hydrogen-bond donors (Lipinski definition) is 0. The summed E-state index contributed by atoms with van der Waals surface area (Å²) in [7, 11) is 0. The molecule has 1 aliphatic rings. The summed E-state index contributed by atoms with van der Waals surface area (Å²) in [6.07, 6.45) is 17.4. The second kappa shape index (κ2) is 9.04. The quantitative estimate of drug-likeness (QED) is 0.554. The predicted octanol–water partition coefficient (Wildman–Crippen LogP) is 6.55. The summed E-state index contributed by atoms with van der Waals surface area (Å²) in [4.78, 5) is 0. The lowest BCUT2D eigenvalue weighted by molar-refractivity contribution is 0.755. The van der Waals surface area contributed by atoms with E-state index in [0.717, 1.165) is 0 Å². The van der Waals surface area contributed by atoms with Crippen LogP contribution in [0.4, 0.5) is 0 Å². The number of allylic oxidation sites excluding steroid dienone is 10. The largest absolute Gasteiger partial charge is 0.0871 e. The Bertz CT molecular complexity index is 594. The van der Waals surface area contributed by atoms with Crippen molar-refractivity contribution in [1.82, 2.24) is 0 Å². The van der Waals surface area contributed by atoms with Crippen LogP contribution in [-0.4, -0.2) is 0 Å². The topological polar surface area (TPSA) is 0 Å². The Labute approximate surface area is 136 Å². The molecule has 0 heteroatoms. The normalized spacial score (nSPS) is 21.1. The summed E-state index contributed by atoms with van der Waals surface area (Å²) >= 11 is 0. The molecule has 1 atom stereocenters. The van der Waals surface area contributed by atoms with E-state index in [1.807, 2.05) is 13.8 Å². The minimum Gasteiger partial charge on any atom is -0.0871 e. The molecule has 2 rings (SSSR count). The van der Waals surface area contributed by atoms with Crippen molar-refractivity contribution in [3.05, 3.63) is 95.6 Å². The molecule has 0 amide bonds. The minimum atomic E-state index is -0.0735. The highest BCUT2D eigenvalue weighted by Gasteiger charge is 2.22. The Kier molecular flexibility index (Phi) is 7.39. The third-order valence-corrected chi connectivity index (χ3v) is 3.67. The van der Waals surface area contributed by atoms with Crippen LogP contribution in [0.15, 0.2) is 90.1 Å². The van der Waals surface area contributed by atoms with E-state index < -0.39 is 0 Å². The SMILES string of the molecule is C/C=C\C(=C/C)C1=CC(C)(c2ccccc2)C=CC=C1.CC. The molecule has 0 spiro atoms. The minimum absolute atomic E-state index is 0.0735. The number of rotatable bonds is 3. The molecule has 22 heavy (non-hydrogen) atoms. The van der Waals surface area contributed by atoms with Crippen molar-refractivity contribution in [3.8, 4) is 0 Å². The van der Waals surface area contributed by atoms with Gasteiger partial charge in [-0.1, -0.05) is 92.8 Å². The second-order valence-electron chi connectivity index (χ2n) is 5.21. The summed E-state index contributed by atoms with van der Waals surface area (Å²) in [6, 6.07) is 10.6. The zero-order valence-electron chi connectivity index (χ0n) is 14.5. The van der Waals surface area contributed by atoms with E-state index in [4.69, 9.17) is 0 Å². The van der Waals surface area contributed by atoms with E-state index in [1.165, 1.54) is 16.7 Å². The van der Waals surface area contributed by atoms with Crippen LogP contribution in [0.3, 0.4) is 0 Å². The van der Waals surface area contributed by atoms with Crippen LogP contribution in [0.5, 0.6) is 0 Å². The van der Waals surface area contributed by atoms with E-state index in [-0.39, 0.29) is 5.41 Å². The van der Waals surface area contributed by atoms with Gasteiger partial charge in [-0.2, -0.15) is 0 Å². The highest BCUT2D eigenvalue weighted by atomic mass is 14.3. The number of benzene rings is 1. The lowest BCUT2D eigenvalue weighted by Gasteiger charge is -2.23. The molecule has 0 heterocycles. The van der Waals surface area contributed by atoms with E-state index in [9.17, 15) is 0 Å². The van der Waals surface area contributed by atoms with Crippen molar-refractivity contribution in [1.29, 1.82) is 0 Å². The Morgan fingerprint density at radius 2 is 1.68 bits per heavy atom. The summed E-state index contributed by atoms with van der Waals surface area (Å²) in [6.45, 7) is 10.4. The van der Waals surface area contributed by atoms with Crippen LogP contribution < -0.4 is 0 Å². The van der Waals surface area contributed by atoms with Gasteiger partial charge in [0.05, 0.1) is 0 Å². The van der Waals surface area contributed by atoms with E-state index >= 15 is 0 Å². The van der Waals surface area contributed by atoms with Crippen LogP contribution in [0.2, 0.25) is 0 Å². The molecule has 0 aromatic heterocycles. The van der Waals surface area contributed by atoms with Crippen LogP contribution in [0, 0.1) is 0 Å². The average molecular weight is 292 g/mol. The van der Waals surface area contributed by atoms with Gasteiger partial charge in [-0.05, 0) is 37.5 Å². The van der Waals surface area contributed by atoms with Gasteiger partial charge in [0.15, 0.2) is 0 Å². The van der Waals surface area contributed by atoms with Crippen molar-refractivity contribution in [3.63, 3.8) is 0 Å². The zero-order chi connectivity index (χ0) is 16.4. The first kappa shape index (κ1) is 18.0. The van der Waals surface area contributed by atoms with Crippen LogP contribution >= 0.6 is 0 Å². The lowest BCUT2D eigenvalue weighted by Crippen LogP contribution is -2.16. The van der Waals surface area contributed by atoms with E-state index in [0.29, 0.717) is 0 Å². The van der Waals surface area contributed by atoms with Gasteiger partial charge in [0.25, 0.3) is 0 Å². The third-order valence-electron chi connectivity index (χ3n) is 3.67. The highest BCUT2D eigenvalue weighted by molar-refractivity contribution is 5.52. The third kappa shape index (κ3) is 4.46. The molecule has 0 nitrogen and oxygen atoms in total. The molecule has 1 unspecified atom stereocenters. The second-order valence-corrected chi connectivity index (χ2v) is 5.21. The molecule has 116 valence electrons. The molecule has 0 fully saturated rings. The molecule has 0 bridgehead atoms. The first-order valence-electron chi connectivity index (χ1n) is 8.13. The summed E-state index contributed by atoms with van der Waals surface area (Å²) in [5.41, 5.74) is 3.76. The van der Waals surface area contributed by atoms with Crippen LogP contribution in [0.1, 0.15) is 40.2 Å². The van der Waals surface area contributed by atoms with Gasteiger partial charge in [0, 0.05) is 5.41 Å². The van der Waals surface area contributed by atoms with Gasteiger partial charge in [0.2, 0.25) is 0 Å². The highest BCUT2D eigenvalue weighted by Crippen LogP contribution is 2.32. The molecule has 0 N–H and O–H groups in total. The van der Waals surface area contributed by atoms with Crippen molar-refractivity contribution in [2.75, 3.05) is 0 Å². The molecule has 0 saturated heterocycles. The summed E-state index contributed by atoms with van der Waals surface area (Å²) < 4.78 is 0. The fourth-order valence-electron chi connectivity index (χ4n) is 2.53. The fraction of sp³-hybridized carbons (Fsp3) is 0.273. The Balaban J connectivity index is 0.00000116. The van der Waals surface area contributed by atoms with Gasteiger partial charge < -0.3 is 0 Å². The van der Waals surface area contributed by atoms with Gasteiger partial charge >= 0.3 is 0 Å². The molecular formula is C22H28. The van der Waals surface area contributed by atoms with E-state index in [2.05, 4.69) is 99.7 Å². The van der Waals surface area contributed by atoms with Gasteiger partial charge in [-0.3, -0.25) is 0 Å². The predicted molar refractivity (Wildman–Crippen MR) is 100 cm³/mol. The van der Waals surface area contributed by atoms with Gasteiger partial charge in [0.1, 0.15) is 0 Å². The van der Waals surface area contributed by atoms with Crippen molar-refractivity contribution in [2.45, 2.75) is 40.0 Å². The zero-order valence-corrected chi connectivity index (χ0v) is 14.5. The van der Waals surface area contributed by atoms with Crippen LogP contribution in [0.25, 0.3) is 0 Å². The molecule has 1 aromatic carbocycles. The van der Waals surface area contributed by atoms with Crippen LogP contribution in [-0.2, 0) is 5.41 Å². The van der Waals surface area contributed by atoms with E-state index in [1.54, 1.807) is 0 Å². The van der Waals surface area contributed by atoms with Gasteiger partial charge in [-0.15, -0.1) is 0 Å². The van der Waals surface area contributed by atoms with Gasteiger partial charge in [-0.25, -0.2) is 0 Å². The average Bonchev–Trinajstić information content (AvgIpc) is 2.78. The van der Waals surface area contributed by atoms with Crippen molar-refractivity contribution >= 4 is 0 Å². The standard InChI is InChI=1S/C20H22.C2H6/c1-4-11-17(5-2)18-12-9-10-15-20(3,16-18)19-13-7-6-8-14-19;1-2/h4-16H,1-3H3;1-2H3/b11-4-,17-5+;. The summed E-state index contributed by atoms with van der Waals surface area (Å²) in [5, 5.41) is 0. The lowest BCUT2D eigenvalue weighted by atomic mass is 9.80. The molecule has 1 aromatic rings. The smallest absolute Gasteiger partial charge is 0.0295 e. The number of hydrogen-bond acceptors (Lipinski definition) is 0. The Morgan fingerprint density at radius 1 is 1.00 bits per heavy atom. The molecule has 1 aliphatic carbocycles. The Hall–Kier alpha value is -2.08. The maximum Gasteiger partial charge on any atom is 0.0295 e. The first-order valence-corrected chi connectivity index (χ1v) is 8.13. The molecule has 0 saturated carbocycles. The van der Waals surface area contributed by atoms with Crippen molar-refractivity contribution < 1.29 is 0 Å². The first-order chi connectivity index (χ1) is 10.7. The molecular weight excluding hydrogens is 264 g/mol. The maximum absolute atomic E-state index is 2.34. The van der Waals surface area contributed by atoms with Crippen molar-refractivity contribution in [2.24, 2.45) is 0 Å². The fourth-order valence-corrected chi connectivity index (χ4v) is 2.53. The monoisotopic (exact) mass is 292 g/mol. The maximum atomic E-state index is 2.34.